The van der Waals surface area contributed by atoms with E-state index in [0.717, 1.165) is 0 Å². The zero-order valence-corrected chi connectivity index (χ0v) is 14.9. The minimum absolute atomic E-state index is 0.0470. The summed E-state index contributed by atoms with van der Waals surface area (Å²) in [6.45, 7) is 7.45. The highest BCUT2D eigenvalue weighted by Crippen LogP contribution is 1.90. The van der Waals surface area contributed by atoms with Gasteiger partial charge in [-0.15, -0.1) is 0 Å². The first kappa shape index (κ1) is 22.5. The summed E-state index contributed by atoms with van der Waals surface area (Å²) in [5.41, 5.74) is 0. The van der Waals surface area contributed by atoms with Gasteiger partial charge in [0, 0.05) is 25.9 Å². The second kappa shape index (κ2) is 15.0. The molecule has 0 aliphatic heterocycles. The normalized spacial score (nSPS) is 10.7. The average Bonchev–Trinajstić information content (AvgIpc) is 2.49. The van der Waals surface area contributed by atoms with E-state index >= 15 is 0 Å². The molecule has 0 aromatic carbocycles. The molecule has 0 heterocycles. The van der Waals surface area contributed by atoms with Crippen molar-refractivity contribution in [2.45, 2.75) is 39.7 Å². The van der Waals surface area contributed by atoms with E-state index in [-0.39, 0.29) is 43.3 Å². The first-order chi connectivity index (χ1) is 11.4. The second-order valence-corrected chi connectivity index (χ2v) is 5.49. The SMILES string of the molecule is CC(=O)COCCNC(=O)CCOCCNC(=O)CCOC(C)C. The van der Waals surface area contributed by atoms with Crippen LogP contribution in [0.15, 0.2) is 0 Å². The molecule has 8 heteroatoms. The highest BCUT2D eigenvalue weighted by Gasteiger charge is 2.03. The fourth-order valence-electron chi connectivity index (χ4n) is 1.57. The number of carbonyl (C=O) groups is 3. The molecule has 2 amide bonds. The molecule has 8 nitrogen and oxygen atoms in total. The molecule has 0 saturated carbocycles. The third-order valence-electron chi connectivity index (χ3n) is 2.70. The van der Waals surface area contributed by atoms with Crippen molar-refractivity contribution in [1.29, 1.82) is 0 Å². The molecule has 0 fully saturated rings. The Bertz CT molecular complexity index is 374. The second-order valence-electron chi connectivity index (χ2n) is 5.49. The Morgan fingerprint density at radius 1 is 0.833 bits per heavy atom. The van der Waals surface area contributed by atoms with E-state index in [2.05, 4.69) is 10.6 Å². The van der Waals surface area contributed by atoms with Gasteiger partial charge >= 0.3 is 0 Å². The lowest BCUT2D eigenvalue weighted by Crippen LogP contribution is -2.30. The maximum atomic E-state index is 11.5. The predicted molar refractivity (Wildman–Crippen MR) is 88.7 cm³/mol. The van der Waals surface area contributed by atoms with Gasteiger partial charge in [-0.2, -0.15) is 0 Å². The van der Waals surface area contributed by atoms with E-state index in [4.69, 9.17) is 14.2 Å². The minimum atomic E-state index is -0.142. The Labute approximate surface area is 143 Å². The van der Waals surface area contributed by atoms with Gasteiger partial charge in [0.1, 0.15) is 6.61 Å². The van der Waals surface area contributed by atoms with Gasteiger partial charge in [0.05, 0.1) is 32.5 Å². The number of carbonyl (C=O) groups excluding carboxylic acids is 3. The van der Waals surface area contributed by atoms with Gasteiger partial charge in [-0.1, -0.05) is 0 Å². The molecule has 0 radical (unpaired) electrons. The van der Waals surface area contributed by atoms with Crippen LogP contribution in [0, 0.1) is 0 Å². The van der Waals surface area contributed by atoms with Crippen LogP contribution in [-0.4, -0.2) is 69.8 Å². The van der Waals surface area contributed by atoms with Crippen LogP contribution in [0.5, 0.6) is 0 Å². The van der Waals surface area contributed by atoms with Crippen molar-refractivity contribution in [3.8, 4) is 0 Å². The van der Waals surface area contributed by atoms with Crippen molar-refractivity contribution in [2.24, 2.45) is 0 Å². The third-order valence-corrected chi connectivity index (χ3v) is 2.70. The van der Waals surface area contributed by atoms with E-state index < -0.39 is 0 Å². The first-order valence-corrected chi connectivity index (χ1v) is 8.21. The molecular weight excluding hydrogens is 316 g/mol. The summed E-state index contributed by atoms with van der Waals surface area (Å²) in [5, 5.41) is 5.37. The lowest BCUT2D eigenvalue weighted by molar-refractivity contribution is -0.124. The molecule has 0 spiro atoms. The Kier molecular flexibility index (Phi) is 14.1. The standard InChI is InChI=1S/C16H30N2O6/c1-13(2)24-9-5-16(21)17-6-10-22-8-4-15(20)18-7-11-23-12-14(3)19/h13H,4-12H2,1-3H3,(H,17,21)(H,18,20). The van der Waals surface area contributed by atoms with Crippen LogP contribution < -0.4 is 10.6 Å². The van der Waals surface area contributed by atoms with Crippen molar-refractivity contribution in [2.75, 3.05) is 46.1 Å². The molecule has 2 N–H and O–H groups in total. The van der Waals surface area contributed by atoms with E-state index in [1.54, 1.807) is 0 Å². The zero-order valence-electron chi connectivity index (χ0n) is 14.9. The molecule has 0 rings (SSSR count). The number of hydrogen-bond acceptors (Lipinski definition) is 6. The monoisotopic (exact) mass is 346 g/mol. The van der Waals surface area contributed by atoms with Crippen LogP contribution in [0.3, 0.4) is 0 Å². The molecule has 140 valence electrons. The minimum Gasteiger partial charge on any atom is -0.379 e. The molecular formula is C16H30N2O6. The number of amides is 2. The average molecular weight is 346 g/mol. The van der Waals surface area contributed by atoms with Gasteiger partial charge in [0.25, 0.3) is 0 Å². The van der Waals surface area contributed by atoms with Crippen LogP contribution in [-0.2, 0) is 28.6 Å². The Morgan fingerprint density at radius 2 is 1.38 bits per heavy atom. The van der Waals surface area contributed by atoms with Crippen LogP contribution in [0.1, 0.15) is 33.6 Å². The van der Waals surface area contributed by atoms with Gasteiger partial charge in [-0.25, -0.2) is 0 Å². The van der Waals surface area contributed by atoms with Crippen LogP contribution in [0.4, 0.5) is 0 Å². The molecule has 0 unspecified atom stereocenters. The quantitative estimate of drug-likeness (QED) is 0.406. The molecule has 0 aliphatic carbocycles. The summed E-state index contributed by atoms with van der Waals surface area (Å²) in [6, 6.07) is 0. The van der Waals surface area contributed by atoms with Gasteiger partial charge in [-0.05, 0) is 20.8 Å². The van der Waals surface area contributed by atoms with E-state index in [1.807, 2.05) is 13.8 Å². The Morgan fingerprint density at radius 3 is 1.92 bits per heavy atom. The fourth-order valence-corrected chi connectivity index (χ4v) is 1.57. The number of hydrogen-bond donors (Lipinski definition) is 2. The molecule has 24 heavy (non-hydrogen) atoms. The predicted octanol–water partition coefficient (Wildman–Crippen LogP) is 0.0462. The smallest absolute Gasteiger partial charge is 0.222 e. The summed E-state index contributed by atoms with van der Waals surface area (Å²) in [7, 11) is 0. The molecule has 0 bridgehead atoms. The van der Waals surface area contributed by atoms with Crippen molar-refractivity contribution >= 4 is 17.6 Å². The summed E-state index contributed by atoms with van der Waals surface area (Å²) in [5.74, 6) is -0.270. The summed E-state index contributed by atoms with van der Waals surface area (Å²) < 4.78 is 15.6. The van der Waals surface area contributed by atoms with Crippen LogP contribution in [0.2, 0.25) is 0 Å². The largest absolute Gasteiger partial charge is 0.379 e. The zero-order chi connectivity index (χ0) is 18.2. The summed E-state index contributed by atoms with van der Waals surface area (Å²) in [6.07, 6.45) is 0.683. The molecule has 0 aromatic rings. The maximum absolute atomic E-state index is 11.5. The Balaban J connectivity index is 3.35. The number of ether oxygens (including phenoxy) is 3. The number of nitrogens with one attached hydrogen (secondary N) is 2. The number of Topliss-reactive ketones (excluding diaryl/α,β-unsaturated/α-hetero) is 1. The molecule has 0 aromatic heterocycles. The maximum Gasteiger partial charge on any atom is 0.222 e. The molecule has 0 aliphatic rings. The number of ketones is 1. The van der Waals surface area contributed by atoms with Crippen LogP contribution in [0.25, 0.3) is 0 Å². The van der Waals surface area contributed by atoms with Crippen molar-refractivity contribution < 1.29 is 28.6 Å². The van der Waals surface area contributed by atoms with Crippen molar-refractivity contribution in [3.05, 3.63) is 0 Å². The molecule has 0 atom stereocenters. The highest BCUT2D eigenvalue weighted by atomic mass is 16.5. The Hall–Kier alpha value is -1.51. The van der Waals surface area contributed by atoms with E-state index in [1.165, 1.54) is 6.92 Å². The van der Waals surface area contributed by atoms with Gasteiger partial charge in [-0.3, -0.25) is 14.4 Å². The van der Waals surface area contributed by atoms with E-state index in [0.29, 0.717) is 39.3 Å². The third kappa shape index (κ3) is 16.9. The summed E-state index contributed by atoms with van der Waals surface area (Å²) >= 11 is 0. The highest BCUT2D eigenvalue weighted by molar-refractivity contribution is 5.77. The van der Waals surface area contributed by atoms with E-state index in [9.17, 15) is 14.4 Å². The molecule has 0 saturated heterocycles. The lowest BCUT2D eigenvalue weighted by Gasteiger charge is -2.09. The van der Waals surface area contributed by atoms with Gasteiger partial charge in [0.15, 0.2) is 5.78 Å². The van der Waals surface area contributed by atoms with Crippen LogP contribution >= 0.6 is 0 Å². The van der Waals surface area contributed by atoms with Gasteiger partial charge < -0.3 is 24.8 Å². The lowest BCUT2D eigenvalue weighted by atomic mass is 10.4. The first-order valence-electron chi connectivity index (χ1n) is 8.21. The van der Waals surface area contributed by atoms with Crippen molar-refractivity contribution in [3.63, 3.8) is 0 Å². The topological polar surface area (TPSA) is 103 Å². The van der Waals surface area contributed by atoms with Gasteiger partial charge in [0.2, 0.25) is 11.8 Å². The number of rotatable bonds is 15. The summed E-state index contributed by atoms with van der Waals surface area (Å²) in [4.78, 5) is 33.5. The fraction of sp³-hybridized carbons (Fsp3) is 0.812. The van der Waals surface area contributed by atoms with Crippen molar-refractivity contribution in [1.82, 2.24) is 10.6 Å².